The number of piperidine rings is 1. The van der Waals surface area contributed by atoms with Gasteiger partial charge in [0, 0.05) is 24.7 Å². The third-order valence-electron chi connectivity index (χ3n) is 4.76. The number of carbonyl (C=O) groups excluding carboxylic acids is 2. The molecule has 1 N–H and O–H groups in total. The zero-order chi connectivity index (χ0) is 21.7. The van der Waals surface area contributed by atoms with Crippen LogP contribution in [0, 0.1) is 0 Å². The molecule has 1 heterocycles. The molecular weight excluding hydrogens is 421 g/mol. The molecule has 0 saturated carbocycles. The number of ether oxygens (including phenoxy) is 1. The summed E-state index contributed by atoms with van der Waals surface area (Å²) in [5, 5.41) is 1.77. The predicted octanol–water partition coefficient (Wildman–Crippen LogP) is 4.66. The molecule has 0 radical (unpaired) electrons. The van der Waals surface area contributed by atoms with E-state index in [0.717, 1.165) is 25.7 Å². The summed E-state index contributed by atoms with van der Waals surface area (Å²) < 4.78 is 43.2. The van der Waals surface area contributed by atoms with Gasteiger partial charge in [-0.05, 0) is 36.6 Å². The topological polar surface area (TPSA) is 58.6 Å². The Labute approximate surface area is 176 Å². The van der Waals surface area contributed by atoms with Crippen molar-refractivity contribution in [2.24, 2.45) is 0 Å². The molecule has 1 fully saturated rings. The average molecular weight is 441 g/mol. The summed E-state index contributed by atoms with van der Waals surface area (Å²) in [5.74, 6) is -2.99. The normalized spacial score (nSPS) is 15.6. The van der Waals surface area contributed by atoms with Crippen LogP contribution in [0.2, 0.25) is 5.02 Å². The first-order chi connectivity index (χ1) is 14.2. The summed E-state index contributed by atoms with van der Waals surface area (Å²) in [6.45, 7) is 2.25. The van der Waals surface area contributed by atoms with Gasteiger partial charge in [-0.3, -0.25) is 9.69 Å². The van der Waals surface area contributed by atoms with Gasteiger partial charge in [0.25, 0.3) is 0 Å². The van der Waals surface area contributed by atoms with Crippen molar-refractivity contribution in [3.8, 4) is 0 Å². The number of carbonyl (C=O) groups is 2. The lowest BCUT2D eigenvalue weighted by atomic mass is 10.1. The molecule has 1 aliphatic rings. The standard InChI is InChI=1S/C21H20ClF3N2O3/c22-15-6-7-17(18(12-15)26-20(29)21(23,24)25)19(28)30-16-8-10-27(11-9-16)13-14-4-2-1-3-5-14/h1-7,12,16H,8-11,13H2,(H,26,29). The van der Waals surface area contributed by atoms with Crippen LogP contribution < -0.4 is 5.32 Å². The number of benzene rings is 2. The number of rotatable bonds is 5. The smallest absolute Gasteiger partial charge is 0.459 e. The van der Waals surface area contributed by atoms with Crippen LogP contribution in [0.15, 0.2) is 48.5 Å². The first-order valence-corrected chi connectivity index (χ1v) is 9.75. The zero-order valence-corrected chi connectivity index (χ0v) is 16.7. The number of alkyl halides is 3. The summed E-state index contributed by atoms with van der Waals surface area (Å²) in [5.41, 5.74) is 0.680. The molecule has 1 aliphatic heterocycles. The SMILES string of the molecule is O=C(OC1CCN(Cc2ccccc2)CC1)c1ccc(Cl)cc1NC(=O)C(F)(F)F. The van der Waals surface area contributed by atoms with E-state index in [1.165, 1.54) is 17.7 Å². The Morgan fingerprint density at radius 2 is 1.77 bits per heavy atom. The fourth-order valence-corrected chi connectivity index (χ4v) is 3.40. The Morgan fingerprint density at radius 1 is 1.10 bits per heavy atom. The largest absolute Gasteiger partial charge is 0.471 e. The van der Waals surface area contributed by atoms with Crippen LogP contribution in [0.3, 0.4) is 0 Å². The van der Waals surface area contributed by atoms with E-state index in [1.54, 1.807) is 5.32 Å². The summed E-state index contributed by atoms with van der Waals surface area (Å²) in [6.07, 6.45) is -4.23. The second kappa shape index (κ2) is 9.49. The van der Waals surface area contributed by atoms with Gasteiger partial charge in [-0.15, -0.1) is 0 Å². The lowest BCUT2D eigenvalue weighted by Crippen LogP contribution is -2.37. The first kappa shape index (κ1) is 22.1. The molecule has 9 heteroatoms. The molecule has 5 nitrogen and oxygen atoms in total. The molecule has 30 heavy (non-hydrogen) atoms. The molecule has 2 aromatic rings. The fourth-order valence-electron chi connectivity index (χ4n) is 3.23. The van der Waals surface area contributed by atoms with Crippen LogP contribution in [-0.2, 0) is 16.1 Å². The Kier molecular flexibility index (Phi) is 6.99. The Balaban J connectivity index is 1.59. The molecule has 0 aromatic heterocycles. The molecule has 0 aliphatic carbocycles. The number of hydrogen-bond donors (Lipinski definition) is 1. The van der Waals surface area contributed by atoms with E-state index in [-0.39, 0.29) is 22.4 Å². The molecule has 0 spiro atoms. The van der Waals surface area contributed by atoms with Crippen LogP contribution >= 0.6 is 11.6 Å². The van der Waals surface area contributed by atoms with Gasteiger partial charge in [0.15, 0.2) is 0 Å². The fraction of sp³-hybridized carbons (Fsp3) is 0.333. The minimum Gasteiger partial charge on any atom is -0.459 e. The minimum absolute atomic E-state index is 0.0817. The highest BCUT2D eigenvalue weighted by molar-refractivity contribution is 6.31. The Bertz CT molecular complexity index is 898. The van der Waals surface area contributed by atoms with Gasteiger partial charge in [-0.2, -0.15) is 13.2 Å². The van der Waals surface area contributed by atoms with E-state index >= 15 is 0 Å². The lowest BCUT2D eigenvalue weighted by molar-refractivity contribution is -0.167. The summed E-state index contributed by atoms with van der Waals surface area (Å²) in [4.78, 5) is 26.0. The molecule has 3 rings (SSSR count). The Hall–Kier alpha value is -2.58. The number of likely N-dealkylation sites (tertiary alicyclic amines) is 1. The van der Waals surface area contributed by atoms with Gasteiger partial charge < -0.3 is 10.1 Å². The van der Waals surface area contributed by atoms with Crippen molar-refractivity contribution in [2.75, 3.05) is 18.4 Å². The van der Waals surface area contributed by atoms with Crippen molar-refractivity contribution in [1.29, 1.82) is 0 Å². The molecule has 0 unspecified atom stereocenters. The van der Waals surface area contributed by atoms with Gasteiger partial charge in [0.05, 0.1) is 11.3 Å². The quantitative estimate of drug-likeness (QED) is 0.687. The maximum atomic E-state index is 12.6. The van der Waals surface area contributed by atoms with Gasteiger partial charge in [0.1, 0.15) is 6.10 Å². The number of anilines is 1. The van der Waals surface area contributed by atoms with Gasteiger partial charge in [-0.1, -0.05) is 41.9 Å². The molecule has 160 valence electrons. The van der Waals surface area contributed by atoms with E-state index in [9.17, 15) is 22.8 Å². The second-order valence-electron chi connectivity index (χ2n) is 7.01. The third kappa shape index (κ3) is 5.96. The molecule has 0 atom stereocenters. The molecule has 2 aromatic carbocycles. The predicted molar refractivity (Wildman–Crippen MR) is 106 cm³/mol. The summed E-state index contributed by atoms with van der Waals surface area (Å²) in [7, 11) is 0. The van der Waals surface area contributed by atoms with Gasteiger partial charge >= 0.3 is 18.1 Å². The summed E-state index contributed by atoms with van der Waals surface area (Å²) >= 11 is 5.80. The maximum absolute atomic E-state index is 12.6. The number of halogens is 4. The number of esters is 1. The summed E-state index contributed by atoms with van der Waals surface area (Å²) in [6, 6.07) is 13.7. The highest BCUT2D eigenvalue weighted by Gasteiger charge is 2.39. The zero-order valence-electron chi connectivity index (χ0n) is 15.9. The van der Waals surface area contributed by atoms with Crippen LogP contribution in [0.1, 0.15) is 28.8 Å². The van der Waals surface area contributed by atoms with Crippen molar-refractivity contribution in [2.45, 2.75) is 31.7 Å². The number of hydrogen-bond acceptors (Lipinski definition) is 4. The third-order valence-corrected chi connectivity index (χ3v) is 5.00. The molecule has 1 saturated heterocycles. The van der Waals surface area contributed by atoms with Crippen LogP contribution in [0.4, 0.5) is 18.9 Å². The number of nitrogens with zero attached hydrogens (tertiary/aromatic N) is 1. The van der Waals surface area contributed by atoms with E-state index in [0.29, 0.717) is 12.8 Å². The lowest BCUT2D eigenvalue weighted by Gasteiger charge is -2.31. The van der Waals surface area contributed by atoms with Crippen molar-refractivity contribution in [3.05, 3.63) is 64.7 Å². The number of nitrogens with one attached hydrogen (secondary N) is 1. The van der Waals surface area contributed by atoms with Crippen LogP contribution in [0.5, 0.6) is 0 Å². The highest BCUT2D eigenvalue weighted by Crippen LogP contribution is 2.26. The van der Waals surface area contributed by atoms with Crippen LogP contribution in [0.25, 0.3) is 0 Å². The van der Waals surface area contributed by atoms with E-state index < -0.39 is 18.1 Å². The van der Waals surface area contributed by atoms with Gasteiger partial charge in [0.2, 0.25) is 0 Å². The van der Waals surface area contributed by atoms with Crippen molar-refractivity contribution in [3.63, 3.8) is 0 Å². The second-order valence-corrected chi connectivity index (χ2v) is 7.44. The Morgan fingerprint density at radius 3 is 2.40 bits per heavy atom. The minimum atomic E-state index is -5.09. The number of amides is 1. The van der Waals surface area contributed by atoms with E-state index in [1.807, 2.05) is 30.3 Å². The first-order valence-electron chi connectivity index (χ1n) is 9.37. The van der Waals surface area contributed by atoms with Crippen molar-refractivity contribution in [1.82, 2.24) is 4.90 Å². The highest BCUT2D eigenvalue weighted by atomic mass is 35.5. The van der Waals surface area contributed by atoms with E-state index in [2.05, 4.69) is 4.90 Å². The average Bonchev–Trinajstić information content (AvgIpc) is 2.69. The van der Waals surface area contributed by atoms with Gasteiger partial charge in [-0.25, -0.2) is 4.79 Å². The molecular formula is C21H20ClF3N2O3. The molecule has 0 bridgehead atoms. The van der Waals surface area contributed by atoms with Crippen molar-refractivity contribution < 1.29 is 27.5 Å². The monoisotopic (exact) mass is 440 g/mol. The maximum Gasteiger partial charge on any atom is 0.471 e. The van der Waals surface area contributed by atoms with E-state index in [4.69, 9.17) is 16.3 Å². The van der Waals surface area contributed by atoms with Crippen LogP contribution in [-0.4, -0.2) is 42.1 Å². The molecule has 1 amide bonds. The van der Waals surface area contributed by atoms with Crippen molar-refractivity contribution >= 4 is 29.2 Å².